The molecule has 0 aliphatic heterocycles. The van der Waals surface area contributed by atoms with Crippen molar-refractivity contribution in [2.75, 3.05) is 0 Å². The van der Waals surface area contributed by atoms with Crippen LogP contribution >= 0.6 is 0 Å². The molecule has 0 aromatic heterocycles. The van der Waals surface area contributed by atoms with Gasteiger partial charge in [0.05, 0.1) is 0 Å². The lowest BCUT2D eigenvalue weighted by molar-refractivity contribution is -0.140. The maximum Gasteiger partial charge on any atom is 0.139 e. The summed E-state index contributed by atoms with van der Waals surface area (Å²) in [6.07, 6.45) is 4.55. The molecule has 1 nitrogen and oxygen atoms in total. The van der Waals surface area contributed by atoms with Gasteiger partial charge in [-0.05, 0) is 36.0 Å². The van der Waals surface area contributed by atoms with Crippen LogP contribution in [0.25, 0.3) is 0 Å². The average Bonchev–Trinajstić information content (AvgIpc) is 2.17. The van der Waals surface area contributed by atoms with Crippen LogP contribution in [0, 0.1) is 28.6 Å². The topological polar surface area (TPSA) is 17.1 Å². The fourth-order valence-corrected chi connectivity index (χ4v) is 3.74. The lowest BCUT2D eigenvalue weighted by atomic mass is 9.56. The van der Waals surface area contributed by atoms with Crippen LogP contribution in [0.1, 0.15) is 74.1 Å². The lowest BCUT2D eigenvalue weighted by Gasteiger charge is -2.47. The van der Waals surface area contributed by atoms with Crippen molar-refractivity contribution in [3.05, 3.63) is 0 Å². The van der Waals surface area contributed by atoms with E-state index in [1.165, 1.54) is 6.42 Å². The highest BCUT2D eigenvalue weighted by Crippen LogP contribution is 2.49. The minimum Gasteiger partial charge on any atom is -0.299 e. The Morgan fingerprint density at radius 1 is 1.00 bits per heavy atom. The molecule has 0 bridgehead atoms. The minimum absolute atomic E-state index is 0.0987. The Morgan fingerprint density at radius 2 is 1.56 bits per heavy atom. The van der Waals surface area contributed by atoms with Crippen molar-refractivity contribution in [2.45, 2.75) is 74.1 Å². The van der Waals surface area contributed by atoms with Gasteiger partial charge in [0.2, 0.25) is 0 Å². The van der Waals surface area contributed by atoms with Gasteiger partial charge >= 0.3 is 0 Å². The molecule has 0 spiro atoms. The molecular weight excluding hydrogens is 220 g/mol. The molecule has 0 N–H and O–H groups in total. The Morgan fingerprint density at radius 3 is 1.94 bits per heavy atom. The predicted octanol–water partition coefficient (Wildman–Crippen LogP) is 5.09. The summed E-state index contributed by atoms with van der Waals surface area (Å²) in [7, 11) is 0. The molecule has 0 amide bonds. The molecule has 106 valence electrons. The first-order chi connectivity index (χ1) is 8.09. The molecule has 0 aromatic carbocycles. The Labute approximate surface area is 114 Å². The Kier molecular flexibility index (Phi) is 4.67. The monoisotopic (exact) mass is 252 g/mol. The molecule has 1 heteroatoms. The van der Waals surface area contributed by atoms with Crippen LogP contribution in [0.15, 0.2) is 0 Å². The molecule has 0 radical (unpaired) electrons. The maximum atomic E-state index is 12.8. The van der Waals surface area contributed by atoms with Gasteiger partial charge in [-0.3, -0.25) is 4.79 Å². The zero-order valence-electron chi connectivity index (χ0n) is 13.5. The molecule has 3 unspecified atom stereocenters. The van der Waals surface area contributed by atoms with Gasteiger partial charge in [0.1, 0.15) is 5.78 Å². The molecule has 0 heterocycles. The van der Waals surface area contributed by atoms with E-state index in [2.05, 4.69) is 48.5 Å². The molecule has 1 aliphatic rings. The maximum absolute atomic E-state index is 12.8. The Hall–Kier alpha value is -0.330. The van der Waals surface area contributed by atoms with Crippen LogP contribution in [0.5, 0.6) is 0 Å². The number of rotatable bonds is 2. The summed E-state index contributed by atoms with van der Waals surface area (Å²) in [6, 6.07) is 0. The normalized spacial score (nSPS) is 30.6. The SMILES string of the molecule is CCCC1CCC(C(C)(C)C)C(C(C)(C)C)C1=O. The summed E-state index contributed by atoms with van der Waals surface area (Å²) in [6.45, 7) is 15.8. The van der Waals surface area contributed by atoms with E-state index in [-0.39, 0.29) is 16.7 Å². The van der Waals surface area contributed by atoms with Crippen LogP contribution in [0.4, 0.5) is 0 Å². The second-order valence-corrected chi connectivity index (χ2v) is 8.28. The smallest absolute Gasteiger partial charge is 0.139 e. The zero-order chi connectivity index (χ0) is 14.1. The van der Waals surface area contributed by atoms with Gasteiger partial charge in [0.15, 0.2) is 0 Å². The van der Waals surface area contributed by atoms with Crippen molar-refractivity contribution in [2.24, 2.45) is 28.6 Å². The van der Waals surface area contributed by atoms with E-state index in [1.54, 1.807) is 0 Å². The van der Waals surface area contributed by atoms with Gasteiger partial charge in [-0.2, -0.15) is 0 Å². The zero-order valence-corrected chi connectivity index (χ0v) is 13.5. The second kappa shape index (κ2) is 5.35. The molecule has 1 rings (SSSR count). The highest BCUT2D eigenvalue weighted by atomic mass is 16.1. The number of ketones is 1. The van der Waals surface area contributed by atoms with Crippen LogP contribution in [-0.2, 0) is 4.79 Å². The number of hydrogen-bond donors (Lipinski definition) is 0. The number of Topliss-reactive ketones (excluding diaryl/α,β-unsaturated/α-hetero) is 1. The largest absolute Gasteiger partial charge is 0.299 e. The second-order valence-electron chi connectivity index (χ2n) is 8.28. The van der Waals surface area contributed by atoms with Crippen molar-refractivity contribution in [1.82, 2.24) is 0 Å². The third-order valence-corrected chi connectivity index (χ3v) is 4.62. The summed E-state index contributed by atoms with van der Waals surface area (Å²) in [5.41, 5.74) is 0.340. The van der Waals surface area contributed by atoms with Crippen molar-refractivity contribution in [1.29, 1.82) is 0 Å². The molecule has 1 fully saturated rings. The van der Waals surface area contributed by atoms with Crippen LogP contribution < -0.4 is 0 Å². The molecular formula is C17H32O. The third-order valence-electron chi connectivity index (χ3n) is 4.62. The van der Waals surface area contributed by atoms with Gasteiger partial charge < -0.3 is 0 Å². The summed E-state index contributed by atoms with van der Waals surface area (Å²) < 4.78 is 0. The van der Waals surface area contributed by atoms with Crippen molar-refractivity contribution < 1.29 is 4.79 Å². The van der Waals surface area contributed by atoms with E-state index in [0.29, 0.717) is 17.6 Å². The standard InChI is InChI=1S/C17H32O/c1-8-9-12-10-11-13(16(2,3)4)14(15(12)18)17(5,6)7/h12-14H,8-11H2,1-7H3. The fraction of sp³-hybridized carbons (Fsp3) is 0.941. The fourth-order valence-electron chi connectivity index (χ4n) is 3.74. The molecule has 0 aromatic rings. The molecule has 0 saturated heterocycles. The number of hydrogen-bond acceptors (Lipinski definition) is 1. The van der Waals surface area contributed by atoms with E-state index in [1.807, 2.05) is 0 Å². The van der Waals surface area contributed by atoms with E-state index in [9.17, 15) is 4.79 Å². The van der Waals surface area contributed by atoms with E-state index >= 15 is 0 Å². The first-order valence-electron chi connectivity index (χ1n) is 7.62. The van der Waals surface area contributed by atoms with Crippen molar-refractivity contribution in [3.8, 4) is 0 Å². The van der Waals surface area contributed by atoms with E-state index in [4.69, 9.17) is 0 Å². The molecule has 1 saturated carbocycles. The summed E-state index contributed by atoms with van der Waals surface area (Å²) in [4.78, 5) is 12.8. The minimum atomic E-state index is 0.0987. The quantitative estimate of drug-likeness (QED) is 0.669. The highest BCUT2D eigenvalue weighted by molar-refractivity contribution is 5.85. The van der Waals surface area contributed by atoms with E-state index < -0.39 is 0 Å². The first kappa shape index (κ1) is 15.7. The van der Waals surface area contributed by atoms with Gasteiger partial charge in [-0.1, -0.05) is 54.9 Å². The summed E-state index contributed by atoms with van der Waals surface area (Å²) in [5, 5.41) is 0. The number of carbonyl (C=O) groups excluding carboxylic acids is 1. The van der Waals surface area contributed by atoms with Gasteiger partial charge in [-0.25, -0.2) is 0 Å². The van der Waals surface area contributed by atoms with Crippen molar-refractivity contribution in [3.63, 3.8) is 0 Å². The molecule has 18 heavy (non-hydrogen) atoms. The summed E-state index contributed by atoms with van der Waals surface area (Å²) in [5.74, 6) is 1.66. The third kappa shape index (κ3) is 3.36. The lowest BCUT2D eigenvalue weighted by Crippen LogP contribution is -2.46. The van der Waals surface area contributed by atoms with Crippen LogP contribution in [0.3, 0.4) is 0 Å². The van der Waals surface area contributed by atoms with Crippen LogP contribution in [0.2, 0.25) is 0 Å². The average molecular weight is 252 g/mol. The first-order valence-corrected chi connectivity index (χ1v) is 7.62. The van der Waals surface area contributed by atoms with Crippen molar-refractivity contribution >= 4 is 5.78 Å². The van der Waals surface area contributed by atoms with Crippen LogP contribution in [-0.4, -0.2) is 5.78 Å². The highest BCUT2D eigenvalue weighted by Gasteiger charge is 2.47. The summed E-state index contributed by atoms with van der Waals surface area (Å²) >= 11 is 0. The van der Waals surface area contributed by atoms with E-state index in [0.717, 1.165) is 19.3 Å². The van der Waals surface area contributed by atoms with Gasteiger partial charge in [-0.15, -0.1) is 0 Å². The predicted molar refractivity (Wildman–Crippen MR) is 78.5 cm³/mol. The Balaban J connectivity index is 3.01. The van der Waals surface area contributed by atoms with Gasteiger partial charge in [0.25, 0.3) is 0 Å². The molecule has 3 atom stereocenters. The molecule has 1 aliphatic carbocycles. The Bertz CT molecular complexity index is 290. The number of carbonyl (C=O) groups is 1. The van der Waals surface area contributed by atoms with Gasteiger partial charge in [0, 0.05) is 11.8 Å².